The summed E-state index contributed by atoms with van der Waals surface area (Å²) in [5.74, 6) is -1.14. The Morgan fingerprint density at radius 1 is 0.958 bits per heavy atom. The molecule has 1 aliphatic heterocycles. The molecule has 5 heteroatoms. The minimum Gasteiger partial charge on any atom is -0.340 e. The highest BCUT2D eigenvalue weighted by atomic mass is 19.4. The van der Waals surface area contributed by atoms with E-state index in [-0.39, 0.29) is 5.56 Å². The Balaban J connectivity index is 2.07. The van der Waals surface area contributed by atoms with E-state index in [1.165, 1.54) is 18.2 Å². The van der Waals surface area contributed by atoms with E-state index < -0.39 is 17.5 Å². The molecular weight excluding hydrogens is 317 g/mol. The van der Waals surface area contributed by atoms with E-state index >= 15 is 0 Å². The van der Waals surface area contributed by atoms with Crippen molar-refractivity contribution >= 4 is 6.08 Å². The summed E-state index contributed by atoms with van der Waals surface area (Å²) in [5.41, 5.74) is 0.756. The molecule has 2 aromatic rings. The van der Waals surface area contributed by atoms with Crippen molar-refractivity contribution in [2.75, 3.05) is 13.2 Å². The lowest BCUT2D eigenvalue weighted by atomic mass is 9.95. The summed E-state index contributed by atoms with van der Waals surface area (Å²) in [6.07, 6.45) is -2.92. The van der Waals surface area contributed by atoms with Gasteiger partial charge in [-0.1, -0.05) is 48.5 Å². The van der Waals surface area contributed by atoms with Crippen molar-refractivity contribution in [2.45, 2.75) is 18.9 Å². The maximum absolute atomic E-state index is 13.2. The molecule has 24 heavy (non-hydrogen) atoms. The number of rotatable bonds is 3. The average molecular weight is 334 g/mol. The topological polar surface area (TPSA) is 18.5 Å². The Hall–Kier alpha value is -2.11. The van der Waals surface area contributed by atoms with Crippen molar-refractivity contribution in [1.82, 2.24) is 0 Å². The fraction of sp³-hybridized carbons (Fsp3) is 0.263. The monoisotopic (exact) mass is 334 g/mol. The minimum absolute atomic E-state index is 0.0944. The quantitative estimate of drug-likeness (QED) is 0.786. The van der Waals surface area contributed by atoms with E-state index in [1.807, 2.05) is 30.3 Å². The molecule has 0 atom stereocenters. The lowest BCUT2D eigenvalue weighted by Crippen LogP contribution is -2.28. The third-order valence-electron chi connectivity index (χ3n) is 4.01. The molecule has 1 heterocycles. The van der Waals surface area contributed by atoms with Crippen LogP contribution in [-0.2, 0) is 21.4 Å². The van der Waals surface area contributed by atoms with Crippen LogP contribution in [0.4, 0.5) is 13.2 Å². The Bertz CT molecular complexity index is 730. The minimum atomic E-state index is -4.41. The van der Waals surface area contributed by atoms with Crippen LogP contribution in [0, 0.1) is 0 Å². The van der Waals surface area contributed by atoms with Gasteiger partial charge in [0.15, 0.2) is 0 Å². The van der Waals surface area contributed by atoms with Crippen molar-refractivity contribution < 1.29 is 22.6 Å². The average Bonchev–Trinajstić information content (AvgIpc) is 3.06. The molecule has 0 aliphatic carbocycles. The largest absolute Gasteiger partial charge is 0.416 e. The predicted octanol–water partition coefficient (Wildman–Crippen LogP) is 5.01. The van der Waals surface area contributed by atoms with Gasteiger partial charge in [-0.05, 0) is 30.2 Å². The van der Waals surface area contributed by atoms with Crippen molar-refractivity contribution in [3.05, 3.63) is 76.9 Å². The van der Waals surface area contributed by atoms with Gasteiger partial charge in [-0.25, -0.2) is 0 Å². The molecule has 0 aromatic heterocycles. The fourth-order valence-corrected chi connectivity index (χ4v) is 2.90. The highest BCUT2D eigenvalue weighted by molar-refractivity contribution is 5.59. The summed E-state index contributed by atoms with van der Waals surface area (Å²) in [5, 5.41) is 0. The van der Waals surface area contributed by atoms with Crippen molar-refractivity contribution in [1.29, 1.82) is 0 Å². The van der Waals surface area contributed by atoms with Crippen molar-refractivity contribution in [3.63, 3.8) is 0 Å². The van der Waals surface area contributed by atoms with Gasteiger partial charge in [0.05, 0.1) is 18.8 Å². The molecule has 0 amide bonds. The van der Waals surface area contributed by atoms with Gasteiger partial charge in [-0.2, -0.15) is 13.2 Å². The third-order valence-corrected chi connectivity index (χ3v) is 4.01. The second-order valence-corrected chi connectivity index (χ2v) is 5.59. The summed E-state index contributed by atoms with van der Waals surface area (Å²) in [7, 11) is 0. The molecule has 2 nitrogen and oxygen atoms in total. The molecule has 0 N–H and O–H groups in total. The molecule has 0 spiro atoms. The molecule has 1 fully saturated rings. The van der Waals surface area contributed by atoms with Crippen molar-refractivity contribution in [3.8, 4) is 0 Å². The normalized spacial score (nSPS) is 17.9. The Morgan fingerprint density at radius 2 is 1.54 bits per heavy atom. The first-order chi connectivity index (χ1) is 11.4. The summed E-state index contributed by atoms with van der Waals surface area (Å²) in [6, 6.07) is 14.7. The van der Waals surface area contributed by atoms with Gasteiger partial charge >= 0.3 is 6.18 Å². The number of ether oxygens (including phenoxy) is 2. The first kappa shape index (κ1) is 16.7. The highest BCUT2D eigenvalue weighted by Gasteiger charge is 2.41. The zero-order valence-electron chi connectivity index (χ0n) is 13.1. The molecule has 1 aliphatic rings. The molecule has 0 saturated carbocycles. The standard InChI is InChI=1S/C19H17F3O2/c1-14(13-15-7-5-6-10-17(15)19(20,21)22)18(23-11-12-24-18)16-8-3-2-4-9-16/h2-10,13H,11-12H2,1H3/b14-13+. The van der Waals surface area contributed by atoms with Crippen LogP contribution < -0.4 is 0 Å². The van der Waals surface area contributed by atoms with Gasteiger partial charge < -0.3 is 9.47 Å². The Labute approximate surface area is 138 Å². The van der Waals surface area contributed by atoms with E-state index in [9.17, 15) is 13.2 Å². The number of hydrogen-bond acceptors (Lipinski definition) is 2. The fourth-order valence-electron chi connectivity index (χ4n) is 2.90. The van der Waals surface area contributed by atoms with Gasteiger partial charge in [0, 0.05) is 5.56 Å². The lowest BCUT2D eigenvalue weighted by molar-refractivity contribution is -0.138. The molecule has 0 unspecified atom stereocenters. The summed E-state index contributed by atoms with van der Waals surface area (Å²) in [4.78, 5) is 0. The van der Waals surface area contributed by atoms with Crippen LogP contribution >= 0.6 is 0 Å². The zero-order valence-corrected chi connectivity index (χ0v) is 13.1. The Morgan fingerprint density at radius 3 is 2.17 bits per heavy atom. The Kier molecular flexibility index (Phi) is 4.47. The van der Waals surface area contributed by atoms with E-state index in [0.29, 0.717) is 18.8 Å². The van der Waals surface area contributed by atoms with Gasteiger partial charge in [0.25, 0.3) is 0 Å². The maximum Gasteiger partial charge on any atom is 0.416 e. The summed E-state index contributed by atoms with van der Waals surface area (Å²) >= 11 is 0. The maximum atomic E-state index is 13.2. The van der Waals surface area contributed by atoms with Gasteiger partial charge in [0.2, 0.25) is 5.79 Å². The predicted molar refractivity (Wildman–Crippen MR) is 85.1 cm³/mol. The van der Waals surface area contributed by atoms with Crippen LogP contribution in [0.5, 0.6) is 0 Å². The number of alkyl halides is 3. The molecule has 126 valence electrons. The SMILES string of the molecule is C/C(=C\c1ccccc1C(F)(F)F)C1(c2ccccc2)OCCO1. The van der Waals surface area contributed by atoms with Gasteiger partial charge in [-0.3, -0.25) is 0 Å². The molecular formula is C19H17F3O2. The first-order valence-corrected chi connectivity index (χ1v) is 7.62. The molecule has 1 saturated heterocycles. The first-order valence-electron chi connectivity index (χ1n) is 7.62. The summed E-state index contributed by atoms with van der Waals surface area (Å²) < 4.78 is 51.2. The van der Waals surface area contributed by atoms with Crippen LogP contribution in [0.25, 0.3) is 6.08 Å². The smallest absolute Gasteiger partial charge is 0.340 e. The van der Waals surface area contributed by atoms with Crippen LogP contribution in [0.15, 0.2) is 60.2 Å². The van der Waals surface area contributed by atoms with Crippen LogP contribution in [0.2, 0.25) is 0 Å². The zero-order chi connectivity index (χ0) is 17.2. The van der Waals surface area contributed by atoms with Crippen molar-refractivity contribution in [2.24, 2.45) is 0 Å². The third kappa shape index (κ3) is 3.09. The van der Waals surface area contributed by atoms with Crippen LogP contribution in [-0.4, -0.2) is 13.2 Å². The van der Waals surface area contributed by atoms with E-state index in [4.69, 9.17) is 9.47 Å². The number of halogens is 3. The molecule has 0 bridgehead atoms. The van der Waals surface area contributed by atoms with Crippen LogP contribution in [0.3, 0.4) is 0 Å². The molecule has 2 aromatic carbocycles. The number of benzene rings is 2. The summed E-state index contributed by atoms with van der Waals surface area (Å²) in [6.45, 7) is 2.51. The lowest BCUT2D eigenvalue weighted by Gasteiger charge is -2.29. The van der Waals surface area contributed by atoms with Crippen LogP contribution in [0.1, 0.15) is 23.6 Å². The number of hydrogen-bond donors (Lipinski definition) is 0. The second kappa shape index (κ2) is 6.42. The molecule has 0 radical (unpaired) electrons. The molecule has 3 rings (SSSR count). The van der Waals surface area contributed by atoms with E-state index in [2.05, 4.69) is 0 Å². The van der Waals surface area contributed by atoms with E-state index in [0.717, 1.165) is 11.6 Å². The second-order valence-electron chi connectivity index (χ2n) is 5.59. The highest BCUT2D eigenvalue weighted by Crippen LogP contribution is 2.40. The van der Waals surface area contributed by atoms with Gasteiger partial charge in [0.1, 0.15) is 0 Å². The van der Waals surface area contributed by atoms with Gasteiger partial charge in [-0.15, -0.1) is 0 Å². The van der Waals surface area contributed by atoms with E-state index in [1.54, 1.807) is 13.0 Å².